The highest BCUT2D eigenvalue weighted by Crippen LogP contribution is 2.38. The molecule has 0 unspecified atom stereocenters. The summed E-state index contributed by atoms with van der Waals surface area (Å²) in [4.78, 5) is 0. The Balaban J connectivity index is 2.30. The number of aliphatic hydroxyl groups is 1. The summed E-state index contributed by atoms with van der Waals surface area (Å²) in [5, 5.41) is 9.49. The largest absolute Gasteiger partial charge is 0.481 e. The fourth-order valence-corrected chi connectivity index (χ4v) is 1.92. The van der Waals surface area contributed by atoms with Gasteiger partial charge in [0.15, 0.2) is 5.79 Å². The molecule has 2 heterocycles. The summed E-state index contributed by atoms with van der Waals surface area (Å²) in [6.45, 7) is 7.39. The smallest absolute Gasteiger partial charge is 0.278 e. The summed E-state index contributed by atoms with van der Waals surface area (Å²) in [6.07, 6.45) is -0.486. The van der Waals surface area contributed by atoms with E-state index in [1.165, 1.54) is 0 Å². The van der Waals surface area contributed by atoms with Crippen molar-refractivity contribution in [2.45, 2.75) is 51.8 Å². The first-order valence-corrected chi connectivity index (χ1v) is 4.83. The molecule has 0 bridgehead atoms. The van der Waals surface area contributed by atoms with Crippen LogP contribution in [0.15, 0.2) is 11.5 Å². The second kappa shape index (κ2) is 2.87. The summed E-state index contributed by atoms with van der Waals surface area (Å²) in [5.74, 6) is -0.626. The van der Waals surface area contributed by atoms with Gasteiger partial charge in [-0.2, -0.15) is 0 Å². The van der Waals surface area contributed by atoms with E-state index in [0.717, 1.165) is 0 Å². The molecule has 4 heteroatoms. The summed E-state index contributed by atoms with van der Waals surface area (Å²) >= 11 is 0. The summed E-state index contributed by atoms with van der Waals surface area (Å²) in [5.41, 5.74) is 0.707. The highest BCUT2D eigenvalue weighted by Gasteiger charge is 2.49. The Morgan fingerprint density at radius 3 is 2.57 bits per heavy atom. The third-order valence-electron chi connectivity index (χ3n) is 2.65. The maximum atomic E-state index is 9.49. The Morgan fingerprint density at radius 1 is 1.29 bits per heavy atom. The van der Waals surface area contributed by atoms with Crippen LogP contribution in [0.1, 0.15) is 27.7 Å². The molecule has 1 N–H and O–H groups in total. The second-order valence-electron chi connectivity index (χ2n) is 4.33. The van der Waals surface area contributed by atoms with Crippen LogP contribution < -0.4 is 0 Å². The number of fused-ring (bicyclic) bond motifs is 1. The van der Waals surface area contributed by atoms with Crippen molar-refractivity contribution in [3.63, 3.8) is 0 Å². The van der Waals surface area contributed by atoms with Gasteiger partial charge in [-0.15, -0.1) is 0 Å². The maximum Gasteiger partial charge on any atom is 0.278 e. The number of ether oxygens (including phenoxy) is 3. The van der Waals surface area contributed by atoms with Crippen LogP contribution in [-0.4, -0.2) is 29.2 Å². The lowest BCUT2D eigenvalue weighted by Crippen LogP contribution is -2.40. The Labute approximate surface area is 83.5 Å². The van der Waals surface area contributed by atoms with Crippen molar-refractivity contribution >= 4 is 0 Å². The summed E-state index contributed by atoms with van der Waals surface area (Å²) < 4.78 is 16.6. The molecule has 0 aliphatic carbocycles. The van der Waals surface area contributed by atoms with Crippen LogP contribution in [0.2, 0.25) is 0 Å². The third kappa shape index (κ3) is 1.38. The van der Waals surface area contributed by atoms with Gasteiger partial charge in [-0.25, -0.2) is 0 Å². The molecule has 0 radical (unpaired) electrons. The lowest BCUT2D eigenvalue weighted by atomic mass is 10.0. The van der Waals surface area contributed by atoms with E-state index in [1.807, 2.05) is 20.8 Å². The molecule has 0 saturated carbocycles. The Hall–Kier alpha value is -0.740. The zero-order valence-electron chi connectivity index (χ0n) is 8.90. The van der Waals surface area contributed by atoms with Gasteiger partial charge in [-0.1, -0.05) is 0 Å². The molecule has 0 aromatic heterocycles. The third-order valence-corrected chi connectivity index (χ3v) is 2.65. The average Bonchev–Trinajstić information content (AvgIpc) is 2.38. The van der Waals surface area contributed by atoms with Crippen LogP contribution >= 0.6 is 0 Å². The molecule has 2 aliphatic rings. The molecule has 2 rings (SSSR count). The molecule has 0 aromatic rings. The lowest BCUT2D eigenvalue weighted by Gasteiger charge is -2.29. The standard InChI is InChI=1S/C10H16O4/c1-5-7-8(6(2)12-9(5)11)14-10(3,4)13-7/h6-8,11H,1-4H3/t6-,7+,8-/m0/s1. The van der Waals surface area contributed by atoms with Crippen molar-refractivity contribution in [3.8, 4) is 0 Å². The number of rotatable bonds is 0. The molecule has 1 saturated heterocycles. The lowest BCUT2D eigenvalue weighted by molar-refractivity contribution is -0.153. The summed E-state index contributed by atoms with van der Waals surface area (Å²) in [7, 11) is 0. The van der Waals surface area contributed by atoms with Gasteiger partial charge < -0.3 is 19.3 Å². The van der Waals surface area contributed by atoms with Crippen molar-refractivity contribution in [2.75, 3.05) is 0 Å². The van der Waals surface area contributed by atoms with Crippen LogP contribution in [0, 0.1) is 0 Å². The number of hydrogen-bond acceptors (Lipinski definition) is 4. The topological polar surface area (TPSA) is 47.9 Å². The quantitative estimate of drug-likeness (QED) is 0.646. The molecular formula is C10H16O4. The first-order chi connectivity index (χ1) is 6.41. The second-order valence-corrected chi connectivity index (χ2v) is 4.33. The van der Waals surface area contributed by atoms with Crippen LogP contribution in [-0.2, 0) is 14.2 Å². The van der Waals surface area contributed by atoms with Crippen molar-refractivity contribution in [1.82, 2.24) is 0 Å². The van der Waals surface area contributed by atoms with E-state index < -0.39 is 5.79 Å². The maximum absolute atomic E-state index is 9.49. The molecule has 2 aliphatic heterocycles. The minimum Gasteiger partial charge on any atom is -0.481 e. The van der Waals surface area contributed by atoms with Crippen LogP contribution in [0.3, 0.4) is 0 Å². The predicted molar refractivity (Wildman–Crippen MR) is 49.7 cm³/mol. The fraction of sp³-hybridized carbons (Fsp3) is 0.800. The minimum atomic E-state index is -0.598. The van der Waals surface area contributed by atoms with Gasteiger partial charge in [0, 0.05) is 5.57 Å². The van der Waals surface area contributed by atoms with Crippen molar-refractivity contribution < 1.29 is 19.3 Å². The highest BCUT2D eigenvalue weighted by molar-refractivity contribution is 5.15. The first kappa shape index (κ1) is 9.80. The van der Waals surface area contributed by atoms with E-state index in [-0.39, 0.29) is 24.3 Å². The van der Waals surface area contributed by atoms with Gasteiger partial charge in [0.25, 0.3) is 5.95 Å². The Kier molecular flexibility index (Phi) is 2.01. The zero-order valence-corrected chi connectivity index (χ0v) is 8.90. The van der Waals surface area contributed by atoms with E-state index in [1.54, 1.807) is 6.92 Å². The van der Waals surface area contributed by atoms with Crippen molar-refractivity contribution in [3.05, 3.63) is 11.5 Å². The molecule has 4 nitrogen and oxygen atoms in total. The van der Waals surface area contributed by atoms with Crippen LogP contribution in [0.5, 0.6) is 0 Å². The van der Waals surface area contributed by atoms with E-state index >= 15 is 0 Å². The highest BCUT2D eigenvalue weighted by atomic mass is 16.8. The minimum absolute atomic E-state index is 0.0277. The molecule has 80 valence electrons. The van der Waals surface area contributed by atoms with Gasteiger partial charge in [0.05, 0.1) is 0 Å². The van der Waals surface area contributed by atoms with E-state index in [2.05, 4.69) is 0 Å². The molecule has 3 atom stereocenters. The van der Waals surface area contributed by atoms with E-state index in [0.29, 0.717) is 5.57 Å². The monoisotopic (exact) mass is 200 g/mol. The SMILES string of the molecule is CC1=C(O)O[C@@H](C)[C@@H]2OC(C)(C)O[C@H]12. The van der Waals surface area contributed by atoms with Gasteiger partial charge in [0.2, 0.25) is 0 Å². The Morgan fingerprint density at radius 2 is 1.93 bits per heavy atom. The Bertz CT molecular complexity index is 282. The number of hydrogen-bond donors (Lipinski definition) is 1. The summed E-state index contributed by atoms with van der Waals surface area (Å²) in [6, 6.07) is 0. The first-order valence-electron chi connectivity index (χ1n) is 4.83. The fourth-order valence-electron chi connectivity index (χ4n) is 1.92. The van der Waals surface area contributed by atoms with Gasteiger partial charge in [0.1, 0.15) is 18.3 Å². The average molecular weight is 200 g/mol. The van der Waals surface area contributed by atoms with Gasteiger partial charge >= 0.3 is 0 Å². The molecule has 0 amide bonds. The predicted octanol–water partition coefficient (Wildman–Crippen LogP) is 1.71. The molecule has 1 fully saturated rings. The van der Waals surface area contributed by atoms with Gasteiger partial charge in [-0.05, 0) is 27.7 Å². The van der Waals surface area contributed by atoms with Gasteiger partial charge in [-0.3, -0.25) is 0 Å². The van der Waals surface area contributed by atoms with E-state index in [9.17, 15) is 5.11 Å². The normalized spacial score (nSPS) is 40.7. The molecule has 0 spiro atoms. The van der Waals surface area contributed by atoms with Crippen LogP contribution in [0.4, 0.5) is 0 Å². The van der Waals surface area contributed by atoms with Crippen molar-refractivity contribution in [2.24, 2.45) is 0 Å². The number of aliphatic hydroxyl groups excluding tert-OH is 1. The molecule has 14 heavy (non-hydrogen) atoms. The molecular weight excluding hydrogens is 184 g/mol. The zero-order chi connectivity index (χ0) is 10.5. The van der Waals surface area contributed by atoms with Crippen LogP contribution in [0.25, 0.3) is 0 Å². The van der Waals surface area contributed by atoms with Crippen molar-refractivity contribution in [1.29, 1.82) is 0 Å². The van der Waals surface area contributed by atoms with E-state index in [4.69, 9.17) is 14.2 Å². The molecule has 0 aromatic carbocycles.